The fraction of sp³-hybridized carbons (Fsp3) is 0.480. The summed E-state index contributed by atoms with van der Waals surface area (Å²) in [5.74, 6) is 0.483. The van der Waals surface area contributed by atoms with Gasteiger partial charge in [-0.05, 0) is 44.2 Å². The fourth-order valence-corrected chi connectivity index (χ4v) is 4.44. The van der Waals surface area contributed by atoms with Crippen molar-refractivity contribution in [2.45, 2.75) is 39.1 Å². The van der Waals surface area contributed by atoms with Crippen LogP contribution < -0.4 is 13.8 Å². The molecular formula is C25H36N2O6S. The molecule has 2 aromatic carbocycles. The van der Waals surface area contributed by atoms with E-state index in [1.807, 2.05) is 39.8 Å². The Bertz CT molecular complexity index is 1030. The number of rotatable bonds is 13. The van der Waals surface area contributed by atoms with Crippen molar-refractivity contribution in [3.05, 3.63) is 48.0 Å². The molecule has 0 spiro atoms. The number of carbonyl (C=O) groups is 1. The maximum Gasteiger partial charge on any atom is 0.339 e. The number of nitrogens with zero attached hydrogens (tertiary/aromatic N) is 2. The van der Waals surface area contributed by atoms with Crippen LogP contribution in [-0.4, -0.2) is 59.7 Å². The molecule has 0 bridgehead atoms. The Morgan fingerprint density at radius 1 is 1.00 bits per heavy atom. The van der Waals surface area contributed by atoms with E-state index in [-0.39, 0.29) is 29.0 Å². The van der Waals surface area contributed by atoms with Crippen molar-refractivity contribution in [3.8, 4) is 11.5 Å². The van der Waals surface area contributed by atoms with Gasteiger partial charge in [-0.25, -0.2) is 0 Å². The van der Waals surface area contributed by atoms with E-state index in [4.69, 9.17) is 13.7 Å². The van der Waals surface area contributed by atoms with Gasteiger partial charge in [-0.15, -0.1) is 0 Å². The number of carbonyl (C=O) groups excluding carboxylic acids is 1. The third kappa shape index (κ3) is 7.11. The Balaban J connectivity index is 2.48. The Kier molecular flexibility index (Phi) is 10.2. The molecule has 0 saturated heterocycles. The van der Waals surface area contributed by atoms with Gasteiger partial charge in [-0.3, -0.25) is 4.79 Å². The summed E-state index contributed by atoms with van der Waals surface area (Å²) in [5, 5.41) is 0. The van der Waals surface area contributed by atoms with Crippen LogP contribution in [0.2, 0.25) is 0 Å². The molecule has 1 amide bonds. The zero-order chi connectivity index (χ0) is 25.3. The molecule has 0 saturated carbocycles. The van der Waals surface area contributed by atoms with E-state index in [2.05, 4.69) is 4.90 Å². The van der Waals surface area contributed by atoms with Crippen LogP contribution in [0.3, 0.4) is 0 Å². The van der Waals surface area contributed by atoms with E-state index < -0.39 is 10.1 Å². The number of methoxy groups -OCH3 is 2. The standard InChI is InChI=1S/C25H36N2O6S/c1-7-26(8-2)21-10-9-20(18-27(15-16-31-5)25(28)19(3)4)24(17-21)33-34(29,30)23-13-11-22(32-6)12-14-23/h9-14,17,19H,7-8,15-16,18H2,1-6H3. The summed E-state index contributed by atoms with van der Waals surface area (Å²) < 4.78 is 42.1. The summed E-state index contributed by atoms with van der Waals surface area (Å²) in [6.45, 7) is 10.2. The van der Waals surface area contributed by atoms with Gasteiger partial charge in [-0.2, -0.15) is 8.42 Å². The summed E-state index contributed by atoms with van der Waals surface area (Å²) in [5.41, 5.74) is 1.44. The minimum absolute atomic E-state index is 0.0157. The normalized spacial score (nSPS) is 11.4. The summed E-state index contributed by atoms with van der Waals surface area (Å²) >= 11 is 0. The maximum absolute atomic E-state index is 13.1. The molecular weight excluding hydrogens is 456 g/mol. The molecule has 0 fully saturated rings. The first-order valence-electron chi connectivity index (χ1n) is 11.4. The molecule has 9 heteroatoms. The number of amides is 1. The first-order valence-corrected chi connectivity index (χ1v) is 12.8. The van der Waals surface area contributed by atoms with Crippen LogP contribution >= 0.6 is 0 Å². The lowest BCUT2D eigenvalue weighted by atomic mass is 10.1. The van der Waals surface area contributed by atoms with Gasteiger partial charge in [0.1, 0.15) is 16.4 Å². The van der Waals surface area contributed by atoms with E-state index in [1.54, 1.807) is 30.2 Å². The van der Waals surface area contributed by atoms with Gasteiger partial charge in [0.05, 0.1) is 13.7 Å². The summed E-state index contributed by atoms with van der Waals surface area (Å²) in [4.78, 5) is 16.6. The molecule has 0 atom stereocenters. The van der Waals surface area contributed by atoms with Crippen molar-refractivity contribution in [1.82, 2.24) is 4.90 Å². The third-order valence-corrected chi connectivity index (χ3v) is 6.71. The Morgan fingerprint density at radius 3 is 2.18 bits per heavy atom. The molecule has 0 aliphatic rings. The first-order chi connectivity index (χ1) is 16.2. The SMILES string of the molecule is CCN(CC)c1ccc(CN(CCOC)C(=O)C(C)C)c(OS(=O)(=O)c2ccc(OC)cc2)c1. The Labute approximate surface area is 203 Å². The predicted octanol–water partition coefficient (Wildman–Crippen LogP) is 3.94. The van der Waals surface area contributed by atoms with Crippen LogP contribution in [0.5, 0.6) is 11.5 Å². The fourth-order valence-electron chi connectivity index (χ4n) is 3.49. The molecule has 8 nitrogen and oxygen atoms in total. The quantitative estimate of drug-likeness (QED) is 0.392. The molecule has 188 valence electrons. The zero-order valence-corrected chi connectivity index (χ0v) is 21.7. The van der Waals surface area contributed by atoms with E-state index in [1.165, 1.54) is 19.2 Å². The second kappa shape index (κ2) is 12.6. The number of hydrogen-bond donors (Lipinski definition) is 0. The summed E-state index contributed by atoms with van der Waals surface area (Å²) in [7, 11) is -1.02. The van der Waals surface area contributed by atoms with Gasteiger partial charge in [0, 0.05) is 56.5 Å². The molecule has 34 heavy (non-hydrogen) atoms. The van der Waals surface area contributed by atoms with Crippen molar-refractivity contribution < 1.29 is 26.9 Å². The number of hydrogen-bond acceptors (Lipinski definition) is 7. The van der Waals surface area contributed by atoms with Gasteiger partial charge < -0.3 is 23.5 Å². The molecule has 0 aromatic heterocycles. The summed E-state index contributed by atoms with van der Waals surface area (Å²) in [6, 6.07) is 11.5. The zero-order valence-electron chi connectivity index (χ0n) is 20.9. The Morgan fingerprint density at radius 2 is 1.65 bits per heavy atom. The molecule has 0 aliphatic heterocycles. The van der Waals surface area contributed by atoms with E-state index in [0.717, 1.165) is 18.8 Å². The second-order valence-electron chi connectivity index (χ2n) is 8.08. The van der Waals surface area contributed by atoms with Gasteiger partial charge in [0.2, 0.25) is 5.91 Å². The monoisotopic (exact) mass is 492 g/mol. The largest absolute Gasteiger partial charge is 0.497 e. The van der Waals surface area contributed by atoms with E-state index >= 15 is 0 Å². The first kappa shape index (κ1) is 27.5. The lowest BCUT2D eigenvalue weighted by Gasteiger charge is -2.27. The molecule has 0 unspecified atom stereocenters. The van der Waals surface area contributed by atoms with Crippen molar-refractivity contribution in [3.63, 3.8) is 0 Å². The highest BCUT2D eigenvalue weighted by Crippen LogP contribution is 2.30. The summed E-state index contributed by atoms with van der Waals surface area (Å²) in [6.07, 6.45) is 0. The van der Waals surface area contributed by atoms with Crippen LogP contribution in [0.15, 0.2) is 47.4 Å². The predicted molar refractivity (Wildman–Crippen MR) is 133 cm³/mol. The van der Waals surface area contributed by atoms with E-state index in [0.29, 0.717) is 24.5 Å². The van der Waals surface area contributed by atoms with Crippen LogP contribution in [-0.2, 0) is 26.2 Å². The minimum Gasteiger partial charge on any atom is -0.497 e. The second-order valence-corrected chi connectivity index (χ2v) is 9.63. The topological polar surface area (TPSA) is 85.4 Å². The average Bonchev–Trinajstić information content (AvgIpc) is 2.83. The molecule has 2 rings (SSSR count). The Hall–Kier alpha value is -2.78. The molecule has 0 heterocycles. The number of ether oxygens (including phenoxy) is 2. The highest BCUT2D eigenvalue weighted by molar-refractivity contribution is 7.87. The number of anilines is 1. The molecule has 0 N–H and O–H groups in total. The average molecular weight is 493 g/mol. The van der Waals surface area contributed by atoms with Gasteiger partial charge in [-0.1, -0.05) is 19.9 Å². The molecule has 2 aromatic rings. The highest BCUT2D eigenvalue weighted by Gasteiger charge is 2.23. The van der Waals surface area contributed by atoms with Crippen LogP contribution in [0.4, 0.5) is 5.69 Å². The maximum atomic E-state index is 13.1. The van der Waals surface area contributed by atoms with Crippen LogP contribution in [0.1, 0.15) is 33.3 Å². The van der Waals surface area contributed by atoms with Crippen LogP contribution in [0, 0.1) is 5.92 Å². The lowest BCUT2D eigenvalue weighted by Crippen LogP contribution is -2.36. The lowest BCUT2D eigenvalue weighted by molar-refractivity contribution is -0.135. The van der Waals surface area contributed by atoms with Gasteiger partial charge >= 0.3 is 10.1 Å². The van der Waals surface area contributed by atoms with E-state index in [9.17, 15) is 13.2 Å². The molecule has 0 aliphatic carbocycles. The smallest absolute Gasteiger partial charge is 0.339 e. The minimum atomic E-state index is -4.11. The van der Waals surface area contributed by atoms with Crippen molar-refractivity contribution >= 4 is 21.7 Å². The van der Waals surface area contributed by atoms with Crippen molar-refractivity contribution in [2.24, 2.45) is 5.92 Å². The van der Waals surface area contributed by atoms with Crippen molar-refractivity contribution in [1.29, 1.82) is 0 Å². The molecule has 0 radical (unpaired) electrons. The highest BCUT2D eigenvalue weighted by atomic mass is 32.2. The number of benzene rings is 2. The third-order valence-electron chi connectivity index (χ3n) is 5.46. The van der Waals surface area contributed by atoms with Crippen molar-refractivity contribution in [2.75, 3.05) is 45.4 Å². The van der Waals surface area contributed by atoms with Crippen LogP contribution in [0.25, 0.3) is 0 Å². The van der Waals surface area contributed by atoms with Gasteiger partial charge in [0.25, 0.3) is 0 Å². The van der Waals surface area contributed by atoms with Gasteiger partial charge in [0.15, 0.2) is 0 Å².